The average molecular weight is 362 g/mol. The van der Waals surface area contributed by atoms with E-state index < -0.39 is 0 Å². The summed E-state index contributed by atoms with van der Waals surface area (Å²) in [6.07, 6.45) is 3.27. The number of amides is 1. The molecule has 136 valence electrons. The normalized spacial score (nSPS) is 11.0. The molecule has 0 aliphatic carbocycles. The molecular weight excluding hydrogens is 344 g/mol. The fourth-order valence-electron chi connectivity index (χ4n) is 2.90. The first-order chi connectivity index (χ1) is 13.2. The van der Waals surface area contributed by atoms with Gasteiger partial charge in [0.15, 0.2) is 11.7 Å². The second kappa shape index (κ2) is 7.33. The van der Waals surface area contributed by atoms with E-state index in [-0.39, 0.29) is 11.6 Å². The van der Waals surface area contributed by atoms with E-state index in [0.29, 0.717) is 41.9 Å². The van der Waals surface area contributed by atoms with Crippen molar-refractivity contribution in [2.24, 2.45) is 0 Å². The van der Waals surface area contributed by atoms with Gasteiger partial charge in [-0.2, -0.15) is 0 Å². The van der Waals surface area contributed by atoms with Crippen LogP contribution in [0.3, 0.4) is 0 Å². The molecule has 2 aromatic carbocycles. The Morgan fingerprint density at radius 1 is 1.07 bits per heavy atom. The first-order valence-corrected chi connectivity index (χ1v) is 8.69. The summed E-state index contributed by atoms with van der Waals surface area (Å²) in [6, 6.07) is 15.0. The van der Waals surface area contributed by atoms with Crippen LogP contribution in [0.15, 0.2) is 63.9 Å². The second-order valence-electron chi connectivity index (χ2n) is 6.23. The van der Waals surface area contributed by atoms with Crippen molar-refractivity contribution < 1.29 is 9.21 Å². The molecular formula is C20H18N4O3. The zero-order valence-corrected chi connectivity index (χ0v) is 14.5. The Labute approximate surface area is 154 Å². The van der Waals surface area contributed by atoms with E-state index in [2.05, 4.69) is 20.3 Å². The summed E-state index contributed by atoms with van der Waals surface area (Å²) in [7, 11) is 0. The van der Waals surface area contributed by atoms with E-state index in [0.717, 1.165) is 11.3 Å². The zero-order valence-electron chi connectivity index (χ0n) is 14.5. The van der Waals surface area contributed by atoms with Gasteiger partial charge in [0.05, 0.1) is 17.2 Å². The Kier molecular flexibility index (Phi) is 4.57. The highest BCUT2D eigenvalue weighted by Gasteiger charge is 2.08. The number of rotatable bonds is 6. The largest absolute Gasteiger partial charge is 0.441 e. The summed E-state index contributed by atoms with van der Waals surface area (Å²) in [6.45, 7) is 0. The summed E-state index contributed by atoms with van der Waals surface area (Å²) in [5.41, 5.74) is 2.72. The van der Waals surface area contributed by atoms with E-state index in [1.54, 1.807) is 24.4 Å². The molecule has 1 amide bonds. The van der Waals surface area contributed by atoms with E-state index in [9.17, 15) is 9.59 Å². The molecule has 0 bridgehead atoms. The Hall–Kier alpha value is -3.61. The van der Waals surface area contributed by atoms with Gasteiger partial charge < -0.3 is 19.7 Å². The molecule has 7 heteroatoms. The van der Waals surface area contributed by atoms with Gasteiger partial charge in [0.1, 0.15) is 0 Å². The van der Waals surface area contributed by atoms with Crippen LogP contribution in [-0.2, 0) is 11.2 Å². The van der Waals surface area contributed by atoms with Gasteiger partial charge in [-0.25, -0.2) is 9.78 Å². The van der Waals surface area contributed by atoms with E-state index in [1.165, 1.54) is 0 Å². The number of imidazole rings is 1. The minimum absolute atomic E-state index is 0.0953. The molecule has 2 aromatic heterocycles. The summed E-state index contributed by atoms with van der Waals surface area (Å²) in [5.74, 6) is 1.25. The number of benzene rings is 2. The van der Waals surface area contributed by atoms with Crippen molar-refractivity contribution in [1.29, 1.82) is 0 Å². The van der Waals surface area contributed by atoms with Crippen LogP contribution in [0.5, 0.6) is 0 Å². The Bertz CT molecular complexity index is 1120. The number of anilines is 1. The van der Waals surface area contributed by atoms with Crippen LogP contribution in [-0.4, -0.2) is 20.9 Å². The van der Waals surface area contributed by atoms with Crippen LogP contribution in [0.25, 0.3) is 22.4 Å². The van der Waals surface area contributed by atoms with Crippen molar-refractivity contribution >= 4 is 22.6 Å². The summed E-state index contributed by atoms with van der Waals surface area (Å²) < 4.78 is 5.74. The molecule has 0 spiro atoms. The molecule has 0 aliphatic heterocycles. The van der Waals surface area contributed by atoms with Crippen molar-refractivity contribution in [2.75, 3.05) is 5.32 Å². The lowest BCUT2D eigenvalue weighted by atomic mass is 10.2. The predicted octanol–water partition coefficient (Wildman–Crippen LogP) is 3.47. The molecule has 0 saturated heterocycles. The number of nitrogens with zero attached hydrogens (tertiary/aromatic N) is 1. The molecule has 27 heavy (non-hydrogen) atoms. The first-order valence-electron chi connectivity index (χ1n) is 8.69. The topological polar surface area (TPSA) is 104 Å². The van der Waals surface area contributed by atoms with Gasteiger partial charge in [0, 0.05) is 24.1 Å². The van der Waals surface area contributed by atoms with Crippen molar-refractivity contribution in [1.82, 2.24) is 15.0 Å². The fourth-order valence-corrected chi connectivity index (χ4v) is 2.90. The molecule has 0 saturated carbocycles. The second-order valence-corrected chi connectivity index (χ2v) is 6.23. The number of aryl methyl sites for hydroxylation is 1. The van der Waals surface area contributed by atoms with Crippen molar-refractivity contribution in [3.8, 4) is 11.3 Å². The molecule has 7 nitrogen and oxygen atoms in total. The van der Waals surface area contributed by atoms with E-state index in [4.69, 9.17) is 4.42 Å². The van der Waals surface area contributed by atoms with Gasteiger partial charge in [-0.3, -0.25) is 4.79 Å². The number of aromatic amines is 2. The summed E-state index contributed by atoms with van der Waals surface area (Å²) in [5, 5.41) is 2.83. The number of aromatic nitrogens is 3. The fraction of sp³-hybridized carbons (Fsp3) is 0.150. The standard InChI is InChI=1S/C20H18N4O3/c25-18(22-14-9-10-15-16(11-14)24-20(26)23-15)7-4-8-19-21-12-17(27-19)13-5-2-1-3-6-13/h1-3,5-6,9-12H,4,7-8H2,(H,22,25)(H2,23,24,26). The van der Waals surface area contributed by atoms with Crippen LogP contribution in [0.1, 0.15) is 18.7 Å². The van der Waals surface area contributed by atoms with Gasteiger partial charge in [-0.1, -0.05) is 30.3 Å². The smallest absolute Gasteiger partial charge is 0.323 e. The molecule has 2 heterocycles. The van der Waals surface area contributed by atoms with Crippen LogP contribution in [0, 0.1) is 0 Å². The molecule has 4 rings (SSSR count). The molecule has 3 N–H and O–H groups in total. The van der Waals surface area contributed by atoms with Gasteiger partial charge >= 0.3 is 5.69 Å². The average Bonchev–Trinajstić information content (AvgIpc) is 3.28. The number of carbonyl (C=O) groups is 1. The highest BCUT2D eigenvalue weighted by molar-refractivity contribution is 5.92. The zero-order chi connectivity index (χ0) is 18.6. The third-order valence-electron chi connectivity index (χ3n) is 4.21. The number of hydrogen-bond acceptors (Lipinski definition) is 4. The number of carbonyl (C=O) groups excluding carboxylic acids is 1. The Morgan fingerprint density at radius 2 is 1.89 bits per heavy atom. The van der Waals surface area contributed by atoms with Crippen LogP contribution in [0.4, 0.5) is 5.69 Å². The Morgan fingerprint density at radius 3 is 2.74 bits per heavy atom. The van der Waals surface area contributed by atoms with Gasteiger partial charge in [0.25, 0.3) is 0 Å². The lowest BCUT2D eigenvalue weighted by Crippen LogP contribution is -2.11. The molecule has 0 unspecified atom stereocenters. The van der Waals surface area contributed by atoms with E-state index >= 15 is 0 Å². The maximum Gasteiger partial charge on any atom is 0.323 e. The van der Waals surface area contributed by atoms with Crippen LogP contribution in [0.2, 0.25) is 0 Å². The monoisotopic (exact) mass is 362 g/mol. The van der Waals surface area contributed by atoms with Crippen LogP contribution >= 0.6 is 0 Å². The summed E-state index contributed by atoms with van der Waals surface area (Å²) in [4.78, 5) is 33.0. The van der Waals surface area contributed by atoms with Crippen molar-refractivity contribution in [2.45, 2.75) is 19.3 Å². The molecule has 4 aromatic rings. The SMILES string of the molecule is O=C(CCCc1ncc(-c2ccccc2)o1)Nc1ccc2[nH]c(=O)[nH]c2c1. The third-order valence-corrected chi connectivity index (χ3v) is 4.21. The van der Waals surface area contributed by atoms with Gasteiger partial charge in [-0.15, -0.1) is 0 Å². The molecule has 0 radical (unpaired) electrons. The predicted molar refractivity (Wildman–Crippen MR) is 102 cm³/mol. The maximum absolute atomic E-state index is 12.1. The number of nitrogens with one attached hydrogen (secondary N) is 3. The van der Waals surface area contributed by atoms with Gasteiger partial charge in [-0.05, 0) is 24.6 Å². The first kappa shape index (κ1) is 16.8. The highest BCUT2D eigenvalue weighted by atomic mass is 16.4. The molecule has 0 atom stereocenters. The number of fused-ring (bicyclic) bond motifs is 1. The quantitative estimate of drug-likeness (QED) is 0.488. The third kappa shape index (κ3) is 3.98. The minimum Gasteiger partial charge on any atom is -0.441 e. The van der Waals surface area contributed by atoms with Gasteiger partial charge in [0.2, 0.25) is 5.91 Å². The number of H-pyrrole nitrogens is 2. The van der Waals surface area contributed by atoms with E-state index in [1.807, 2.05) is 30.3 Å². The molecule has 0 fully saturated rings. The van der Waals surface area contributed by atoms with Crippen LogP contribution < -0.4 is 11.0 Å². The maximum atomic E-state index is 12.1. The number of oxazole rings is 1. The minimum atomic E-state index is -0.269. The molecule has 0 aliphatic rings. The summed E-state index contributed by atoms with van der Waals surface area (Å²) >= 11 is 0. The Balaban J connectivity index is 1.30. The van der Waals surface area contributed by atoms with Crippen molar-refractivity contribution in [3.63, 3.8) is 0 Å². The highest BCUT2D eigenvalue weighted by Crippen LogP contribution is 2.20. The number of hydrogen-bond donors (Lipinski definition) is 3. The lowest BCUT2D eigenvalue weighted by molar-refractivity contribution is -0.116. The van der Waals surface area contributed by atoms with Crippen molar-refractivity contribution in [3.05, 3.63) is 71.1 Å². The lowest BCUT2D eigenvalue weighted by Gasteiger charge is -2.04.